The fraction of sp³-hybridized carbons (Fsp3) is 0.571. The molecule has 1 aromatic rings. The summed E-state index contributed by atoms with van der Waals surface area (Å²) in [4.78, 5) is 19.6. The maximum atomic E-state index is 11.8. The van der Waals surface area contributed by atoms with Crippen LogP contribution in [0.3, 0.4) is 0 Å². The third-order valence-corrected chi connectivity index (χ3v) is 2.88. The zero-order valence-corrected chi connectivity index (χ0v) is 12.1. The van der Waals surface area contributed by atoms with Gasteiger partial charge in [-0.2, -0.15) is 0 Å². The average molecular weight is 265 g/mol. The summed E-state index contributed by atoms with van der Waals surface area (Å²) in [5, 5.41) is 9.44. The summed E-state index contributed by atoms with van der Waals surface area (Å²) in [5.74, 6) is 0.0630. The van der Waals surface area contributed by atoms with Gasteiger partial charge in [-0.05, 0) is 25.5 Å². The van der Waals surface area contributed by atoms with Gasteiger partial charge in [-0.3, -0.25) is 9.78 Å². The van der Waals surface area contributed by atoms with E-state index in [0.717, 1.165) is 18.7 Å². The summed E-state index contributed by atoms with van der Waals surface area (Å²) in [6.07, 6.45) is 2.09. The number of aliphatic hydroxyl groups is 1. The fourth-order valence-corrected chi connectivity index (χ4v) is 1.71. The Hall–Kier alpha value is -1.62. The molecule has 1 aromatic heterocycles. The van der Waals surface area contributed by atoms with Crippen molar-refractivity contribution in [2.75, 3.05) is 32.1 Å². The van der Waals surface area contributed by atoms with Gasteiger partial charge in [-0.25, -0.2) is 0 Å². The molecule has 0 saturated carbocycles. The van der Waals surface area contributed by atoms with Crippen LogP contribution in [0.2, 0.25) is 0 Å². The van der Waals surface area contributed by atoms with Gasteiger partial charge in [-0.15, -0.1) is 0 Å². The van der Waals surface area contributed by atoms with E-state index in [-0.39, 0.29) is 5.91 Å². The Morgan fingerprint density at radius 3 is 2.53 bits per heavy atom. The summed E-state index contributed by atoms with van der Waals surface area (Å²) in [7, 11) is 3.50. The lowest BCUT2D eigenvalue weighted by atomic mass is 10.2. The summed E-state index contributed by atoms with van der Waals surface area (Å²) >= 11 is 0. The second-order valence-electron chi connectivity index (χ2n) is 4.83. The summed E-state index contributed by atoms with van der Waals surface area (Å²) < 4.78 is 0. The van der Waals surface area contributed by atoms with Gasteiger partial charge in [0.15, 0.2) is 0 Å². The highest BCUT2D eigenvalue weighted by Crippen LogP contribution is 2.16. The average Bonchev–Trinajstić information content (AvgIpc) is 2.38. The Morgan fingerprint density at radius 1 is 1.42 bits per heavy atom. The Labute approximate surface area is 114 Å². The first-order valence-electron chi connectivity index (χ1n) is 6.54. The number of carbonyl (C=O) groups excluding carboxylic acids is 1. The van der Waals surface area contributed by atoms with E-state index in [9.17, 15) is 9.90 Å². The number of hydrogen-bond donors (Lipinski definition) is 1. The minimum Gasteiger partial charge on any atom is -0.387 e. The zero-order valence-electron chi connectivity index (χ0n) is 12.1. The van der Waals surface area contributed by atoms with E-state index in [1.165, 1.54) is 0 Å². The number of nitrogens with zero attached hydrogens (tertiary/aromatic N) is 3. The zero-order chi connectivity index (χ0) is 14.4. The highest BCUT2D eigenvalue weighted by atomic mass is 16.3. The quantitative estimate of drug-likeness (QED) is 0.845. The van der Waals surface area contributed by atoms with Gasteiger partial charge in [-0.1, -0.05) is 6.92 Å². The molecule has 1 N–H and O–H groups in total. The second kappa shape index (κ2) is 7.09. The van der Waals surface area contributed by atoms with Crippen molar-refractivity contribution in [1.29, 1.82) is 0 Å². The molecule has 1 unspecified atom stereocenters. The van der Waals surface area contributed by atoms with E-state index in [1.54, 1.807) is 38.2 Å². The van der Waals surface area contributed by atoms with Crippen LogP contribution in [0.1, 0.15) is 32.1 Å². The molecule has 0 aliphatic heterocycles. The van der Waals surface area contributed by atoms with Gasteiger partial charge in [0.2, 0.25) is 5.91 Å². The Bertz CT molecular complexity index is 402. The first-order valence-corrected chi connectivity index (χ1v) is 6.54. The molecule has 5 heteroatoms. The van der Waals surface area contributed by atoms with Gasteiger partial charge < -0.3 is 14.9 Å². The van der Waals surface area contributed by atoms with Crippen LogP contribution < -0.4 is 4.90 Å². The Balaban J connectivity index is 2.83. The molecule has 1 heterocycles. The SMILES string of the molecule is CCCN(CC(=O)N(C)C)c1ccc(C(C)O)nc1. The number of anilines is 1. The number of aliphatic hydroxyl groups excluding tert-OH is 1. The summed E-state index contributed by atoms with van der Waals surface area (Å²) in [5.41, 5.74) is 1.54. The molecule has 0 bridgehead atoms. The van der Waals surface area contributed by atoms with Crippen LogP contribution >= 0.6 is 0 Å². The number of pyridine rings is 1. The molecule has 0 radical (unpaired) electrons. The van der Waals surface area contributed by atoms with E-state index in [0.29, 0.717) is 12.2 Å². The lowest BCUT2D eigenvalue weighted by Gasteiger charge is -2.25. The molecule has 0 fully saturated rings. The van der Waals surface area contributed by atoms with E-state index in [2.05, 4.69) is 11.9 Å². The first kappa shape index (κ1) is 15.4. The largest absolute Gasteiger partial charge is 0.387 e. The third kappa shape index (κ3) is 4.52. The molecule has 0 spiro atoms. The number of likely N-dealkylation sites (N-methyl/N-ethyl adjacent to an activating group) is 1. The van der Waals surface area contributed by atoms with Crippen molar-refractivity contribution in [3.63, 3.8) is 0 Å². The van der Waals surface area contributed by atoms with E-state index >= 15 is 0 Å². The molecule has 0 aromatic carbocycles. The predicted octanol–water partition coefficient (Wildman–Crippen LogP) is 1.44. The standard InChI is InChI=1S/C14H23N3O2/c1-5-8-17(10-14(19)16(3)4)12-6-7-13(11(2)18)15-9-12/h6-7,9,11,18H,5,8,10H2,1-4H3. The second-order valence-corrected chi connectivity index (χ2v) is 4.83. The lowest BCUT2D eigenvalue weighted by molar-refractivity contribution is -0.127. The van der Waals surface area contributed by atoms with E-state index < -0.39 is 6.10 Å². The van der Waals surface area contributed by atoms with Crippen LogP contribution in [0.25, 0.3) is 0 Å². The number of amides is 1. The van der Waals surface area contributed by atoms with Crippen molar-refractivity contribution in [3.05, 3.63) is 24.0 Å². The van der Waals surface area contributed by atoms with Gasteiger partial charge in [0.1, 0.15) is 0 Å². The van der Waals surface area contributed by atoms with Crippen LogP contribution in [0.5, 0.6) is 0 Å². The minimum atomic E-state index is -0.572. The van der Waals surface area contributed by atoms with Crippen molar-refractivity contribution in [2.45, 2.75) is 26.4 Å². The monoisotopic (exact) mass is 265 g/mol. The molecule has 1 amide bonds. The highest BCUT2D eigenvalue weighted by molar-refractivity contribution is 5.80. The summed E-state index contributed by atoms with van der Waals surface area (Å²) in [6.45, 7) is 4.90. The molecule has 0 saturated heterocycles. The molecule has 0 aliphatic rings. The Kier molecular flexibility index (Phi) is 5.76. The fourth-order valence-electron chi connectivity index (χ4n) is 1.71. The molecule has 106 valence electrons. The van der Waals surface area contributed by atoms with Crippen LogP contribution in [-0.4, -0.2) is 48.1 Å². The predicted molar refractivity (Wildman–Crippen MR) is 76.1 cm³/mol. The van der Waals surface area contributed by atoms with Gasteiger partial charge in [0.25, 0.3) is 0 Å². The smallest absolute Gasteiger partial charge is 0.241 e. The lowest BCUT2D eigenvalue weighted by Crippen LogP contribution is -2.37. The first-order chi connectivity index (χ1) is 8.95. The summed E-state index contributed by atoms with van der Waals surface area (Å²) in [6, 6.07) is 3.69. The molecular weight excluding hydrogens is 242 g/mol. The Morgan fingerprint density at radius 2 is 2.11 bits per heavy atom. The van der Waals surface area contributed by atoms with Gasteiger partial charge >= 0.3 is 0 Å². The van der Waals surface area contributed by atoms with Crippen LogP contribution in [-0.2, 0) is 4.79 Å². The number of rotatable bonds is 6. The topological polar surface area (TPSA) is 56.7 Å². The van der Waals surface area contributed by atoms with E-state index in [4.69, 9.17) is 0 Å². The van der Waals surface area contributed by atoms with Crippen molar-refractivity contribution in [1.82, 2.24) is 9.88 Å². The molecular formula is C14H23N3O2. The normalized spacial score (nSPS) is 12.1. The van der Waals surface area contributed by atoms with Crippen molar-refractivity contribution >= 4 is 11.6 Å². The van der Waals surface area contributed by atoms with Crippen LogP contribution in [0, 0.1) is 0 Å². The third-order valence-electron chi connectivity index (χ3n) is 2.88. The molecule has 1 atom stereocenters. The number of hydrogen-bond acceptors (Lipinski definition) is 4. The molecule has 5 nitrogen and oxygen atoms in total. The van der Waals surface area contributed by atoms with Crippen molar-refractivity contribution < 1.29 is 9.90 Å². The molecule has 1 rings (SSSR count). The number of aromatic nitrogens is 1. The van der Waals surface area contributed by atoms with E-state index in [1.807, 2.05) is 11.0 Å². The maximum Gasteiger partial charge on any atom is 0.241 e. The maximum absolute atomic E-state index is 11.8. The molecule has 19 heavy (non-hydrogen) atoms. The van der Waals surface area contributed by atoms with Crippen LogP contribution in [0.15, 0.2) is 18.3 Å². The van der Waals surface area contributed by atoms with Crippen molar-refractivity contribution in [2.24, 2.45) is 0 Å². The van der Waals surface area contributed by atoms with Gasteiger partial charge in [0.05, 0.1) is 30.2 Å². The molecule has 0 aliphatic carbocycles. The van der Waals surface area contributed by atoms with Crippen LogP contribution in [0.4, 0.5) is 5.69 Å². The van der Waals surface area contributed by atoms with Crippen molar-refractivity contribution in [3.8, 4) is 0 Å². The van der Waals surface area contributed by atoms with Gasteiger partial charge in [0, 0.05) is 20.6 Å². The minimum absolute atomic E-state index is 0.0630. The number of carbonyl (C=O) groups is 1. The highest BCUT2D eigenvalue weighted by Gasteiger charge is 2.13.